The quantitative estimate of drug-likeness (QED) is 0.641. The summed E-state index contributed by atoms with van der Waals surface area (Å²) in [5.41, 5.74) is 0. The van der Waals surface area contributed by atoms with E-state index in [-0.39, 0.29) is 0 Å². The highest BCUT2D eigenvalue weighted by Crippen LogP contribution is 2.26. The lowest BCUT2D eigenvalue weighted by Gasteiger charge is -2.18. The summed E-state index contributed by atoms with van der Waals surface area (Å²) in [5, 5.41) is 3.65. The zero-order valence-corrected chi connectivity index (χ0v) is 10.7. The van der Waals surface area contributed by atoms with Crippen LogP contribution in [0.4, 0.5) is 0 Å². The minimum absolute atomic E-state index is 0.558. The molecule has 2 fully saturated rings. The second-order valence-electron chi connectivity index (χ2n) is 5.49. The lowest BCUT2D eigenvalue weighted by atomic mass is 9.96. The molecule has 1 aliphatic heterocycles. The van der Waals surface area contributed by atoms with Crippen molar-refractivity contribution in [2.45, 2.75) is 70.4 Å². The van der Waals surface area contributed by atoms with E-state index in [0.717, 1.165) is 18.6 Å². The summed E-state index contributed by atoms with van der Waals surface area (Å²) in [7, 11) is 0. The Morgan fingerprint density at radius 1 is 1.12 bits per heavy atom. The topological polar surface area (TPSA) is 21.3 Å². The number of unbranched alkanes of at least 4 members (excludes halogenated alkanes) is 3. The van der Waals surface area contributed by atoms with Crippen LogP contribution in [0.3, 0.4) is 0 Å². The van der Waals surface area contributed by atoms with E-state index in [0.29, 0.717) is 6.10 Å². The molecule has 0 spiro atoms. The van der Waals surface area contributed by atoms with E-state index >= 15 is 0 Å². The number of rotatable bonds is 8. The van der Waals surface area contributed by atoms with E-state index in [1.807, 2.05) is 0 Å². The third-order valence-electron chi connectivity index (χ3n) is 3.93. The van der Waals surface area contributed by atoms with Crippen LogP contribution in [0.2, 0.25) is 0 Å². The summed E-state index contributed by atoms with van der Waals surface area (Å²) in [5.74, 6) is 0.794. The maximum absolute atomic E-state index is 5.86. The van der Waals surface area contributed by atoms with E-state index in [1.54, 1.807) is 0 Å². The first-order valence-corrected chi connectivity index (χ1v) is 7.25. The molecule has 94 valence electrons. The van der Waals surface area contributed by atoms with Crippen LogP contribution in [-0.2, 0) is 4.74 Å². The molecule has 1 N–H and O–H groups in total. The number of ether oxygens (including phenoxy) is 1. The first-order chi connectivity index (χ1) is 7.90. The van der Waals surface area contributed by atoms with E-state index in [4.69, 9.17) is 4.74 Å². The molecule has 0 aromatic heterocycles. The van der Waals surface area contributed by atoms with Gasteiger partial charge in [-0.2, -0.15) is 0 Å². The molecule has 1 saturated heterocycles. The summed E-state index contributed by atoms with van der Waals surface area (Å²) in [4.78, 5) is 0. The van der Waals surface area contributed by atoms with Crippen LogP contribution >= 0.6 is 0 Å². The molecule has 0 aromatic rings. The summed E-state index contributed by atoms with van der Waals surface area (Å²) in [6, 6.07) is 0.848. The highest BCUT2D eigenvalue weighted by atomic mass is 16.5. The summed E-state index contributed by atoms with van der Waals surface area (Å²) < 4.78 is 5.86. The Kier molecular flexibility index (Phi) is 5.11. The van der Waals surface area contributed by atoms with Gasteiger partial charge in [-0.05, 0) is 31.6 Å². The minimum atomic E-state index is 0.558. The molecular weight excluding hydrogens is 198 g/mol. The summed E-state index contributed by atoms with van der Waals surface area (Å²) >= 11 is 0. The highest BCUT2D eigenvalue weighted by Gasteiger charge is 2.29. The van der Waals surface area contributed by atoms with Gasteiger partial charge < -0.3 is 10.1 Å². The molecule has 0 aromatic carbocycles. The van der Waals surface area contributed by atoms with Crippen molar-refractivity contribution >= 4 is 0 Å². The van der Waals surface area contributed by atoms with E-state index in [2.05, 4.69) is 12.2 Å². The maximum atomic E-state index is 5.86. The third-order valence-corrected chi connectivity index (χ3v) is 3.93. The third kappa shape index (κ3) is 4.06. The zero-order chi connectivity index (χ0) is 11.2. The molecule has 2 heteroatoms. The smallest absolute Gasteiger partial charge is 0.0616 e. The molecule has 0 amide bonds. The molecule has 1 heterocycles. The van der Waals surface area contributed by atoms with Crippen LogP contribution in [0, 0.1) is 5.92 Å². The predicted octanol–water partition coefficient (Wildman–Crippen LogP) is 3.11. The average molecular weight is 225 g/mol. The Labute approximate surface area is 100 Å². The van der Waals surface area contributed by atoms with Gasteiger partial charge in [0.1, 0.15) is 0 Å². The van der Waals surface area contributed by atoms with Gasteiger partial charge in [-0.3, -0.25) is 0 Å². The standard InChI is InChI=1S/C14H27NO/c1-2-3-4-5-6-14-12(9-10-16-14)11-15-13-7-8-13/h12-15H,2-11H2,1H3. The fourth-order valence-corrected chi connectivity index (χ4v) is 2.62. The fraction of sp³-hybridized carbons (Fsp3) is 1.00. The minimum Gasteiger partial charge on any atom is -0.378 e. The first kappa shape index (κ1) is 12.4. The average Bonchev–Trinajstić information content (AvgIpc) is 3.02. The van der Waals surface area contributed by atoms with Crippen molar-refractivity contribution in [2.75, 3.05) is 13.2 Å². The lowest BCUT2D eigenvalue weighted by molar-refractivity contribution is 0.0808. The Bertz CT molecular complexity index is 191. The second-order valence-corrected chi connectivity index (χ2v) is 5.49. The molecule has 1 aliphatic carbocycles. The summed E-state index contributed by atoms with van der Waals surface area (Å²) in [6.45, 7) is 4.47. The Hall–Kier alpha value is -0.0800. The van der Waals surface area contributed by atoms with Gasteiger partial charge in [-0.15, -0.1) is 0 Å². The molecule has 2 rings (SSSR count). The molecular formula is C14H27NO. The van der Waals surface area contributed by atoms with Crippen molar-refractivity contribution in [1.82, 2.24) is 5.32 Å². The fourth-order valence-electron chi connectivity index (χ4n) is 2.62. The first-order valence-electron chi connectivity index (χ1n) is 7.25. The second kappa shape index (κ2) is 6.61. The van der Waals surface area contributed by atoms with E-state index < -0.39 is 0 Å². The van der Waals surface area contributed by atoms with Crippen molar-refractivity contribution < 1.29 is 4.74 Å². The molecule has 2 nitrogen and oxygen atoms in total. The molecule has 0 bridgehead atoms. The molecule has 16 heavy (non-hydrogen) atoms. The van der Waals surface area contributed by atoms with Gasteiger partial charge in [-0.25, -0.2) is 0 Å². The van der Waals surface area contributed by atoms with Crippen LogP contribution in [0.25, 0.3) is 0 Å². The van der Waals surface area contributed by atoms with Crippen molar-refractivity contribution in [1.29, 1.82) is 0 Å². The lowest BCUT2D eigenvalue weighted by Crippen LogP contribution is -2.29. The van der Waals surface area contributed by atoms with Gasteiger partial charge in [0.05, 0.1) is 6.10 Å². The van der Waals surface area contributed by atoms with Crippen LogP contribution in [0.5, 0.6) is 0 Å². The molecule has 1 saturated carbocycles. The van der Waals surface area contributed by atoms with Crippen LogP contribution in [0.1, 0.15) is 58.3 Å². The van der Waals surface area contributed by atoms with Crippen molar-refractivity contribution in [3.05, 3.63) is 0 Å². The Morgan fingerprint density at radius 2 is 2.00 bits per heavy atom. The van der Waals surface area contributed by atoms with Crippen molar-refractivity contribution in [3.8, 4) is 0 Å². The number of hydrogen-bond acceptors (Lipinski definition) is 2. The summed E-state index contributed by atoms with van der Waals surface area (Å²) in [6.07, 6.45) is 11.4. The van der Waals surface area contributed by atoms with E-state index in [9.17, 15) is 0 Å². The maximum Gasteiger partial charge on any atom is 0.0616 e. The van der Waals surface area contributed by atoms with Gasteiger partial charge in [0.2, 0.25) is 0 Å². The number of nitrogens with one attached hydrogen (secondary N) is 1. The van der Waals surface area contributed by atoms with Gasteiger partial charge in [0.25, 0.3) is 0 Å². The molecule has 2 aliphatic rings. The Balaban J connectivity index is 1.58. The van der Waals surface area contributed by atoms with Crippen LogP contribution in [-0.4, -0.2) is 25.3 Å². The van der Waals surface area contributed by atoms with Crippen molar-refractivity contribution in [2.24, 2.45) is 5.92 Å². The van der Waals surface area contributed by atoms with Crippen LogP contribution < -0.4 is 5.32 Å². The number of hydrogen-bond donors (Lipinski definition) is 1. The van der Waals surface area contributed by atoms with Crippen molar-refractivity contribution in [3.63, 3.8) is 0 Å². The van der Waals surface area contributed by atoms with E-state index in [1.165, 1.54) is 57.9 Å². The predicted molar refractivity (Wildman–Crippen MR) is 67.6 cm³/mol. The normalized spacial score (nSPS) is 29.8. The largest absolute Gasteiger partial charge is 0.378 e. The van der Waals surface area contributed by atoms with Gasteiger partial charge in [0, 0.05) is 19.2 Å². The molecule has 0 radical (unpaired) electrons. The highest BCUT2D eigenvalue weighted by molar-refractivity contribution is 4.85. The monoisotopic (exact) mass is 225 g/mol. The molecule has 2 unspecified atom stereocenters. The Morgan fingerprint density at radius 3 is 2.75 bits per heavy atom. The van der Waals surface area contributed by atoms with Gasteiger partial charge in [-0.1, -0.05) is 32.6 Å². The SMILES string of the molecule is CCCCCCC1OCCC1CNC1CC1. The molecule has 2 atom stereocenters. The van der Waals surface area contributed by atoms with Gasteiger partial charge >= 0.3 is 0 Å². The van der Waals surface area contributed by atoms with Gasteiger partial charge in [0.15, 0.2) is 0 Å². The van der Waals surface area contributed by atoms with Crippen LogP contribution in [0.15, 0.2) is 0 Å². The zero-order valence-electron chi connectivity index (χ0n) is 10.7.